The van der Waals surface area contributed by atoms with Crippen LogP contribution in [0.15, 0.2) is 67.0 Å². The normalized spacial score (nSPS) is 10.8. The van der Waals surface area contributed by atoms with Gasteiger partial charge in [0.1, 0.15) is 0 Å². The van der Waals surface area contributed by atoms with Crippen molar-refractivity contribution in [3.63, 3.8) is 0 Å². The lowest BCUT2D eigenvalue weighted by molar-refractivity contribution is 0.102. The zero-order valence-corrected chi connectivity index (χ0v) is 15.7. The molecule has 4 rings (SSSR count). The summed E-state index contributed by atoms with van der Waals surface area (Å²) in [6.07, 6.45) is 3.56. The molecule has 0 saturated carbocycles. The molecule has 3 aromatic heterocycles. The molecule has 0 spiro atoms. The van der Waals surface area contributed by atoms with Crippen molar-refractivity contribution in [2.45, 2.75) is 20.4 Å². The van der Waals surface area contributed by atoms with Gasteiger partial charge in [-0.05, 0) is 56.3 Å². The Kier molecular flexibility index (Phi) is 4.72. The second-order valence-corrected chi connectivity index (χ2v) is 6.56. The number of amides is 1. The van der Waals surface area contributed by atoms with Crippen molar-refractivity contribution in [1.29, 1.82) is 0 Å². The first-order valence-corrected chi connectivity index (χ1v) is 8.97. The molecular formula is C21H20N6O. The highest BCUT2D eigenvalue weighted by Gasteiger charge is 2.10. The molecule has 0 bridgehead atoms. The molecule has 0 unspecified atom stereocenters. The molecule has 28 heavy (non-hydrogen) atoms. The molecule has 1 aromatic carbocycles. The zero-order chi connectivity index (χ0) is 19.5. The molecule has 3 heterocycles. The van der Waals surface area contributed by atoms with Gasteiger partial charge in [0.15, 0.2) is 5.82 Å². The number of benzene rings is 1. The predicted molar refractivity (Wildman–Crippen MR) is 107 cm³/mol. The predicted octanol–water partition coefficient (Wildman–Crippen LogP) is 3.38. The van der Waals surface area contributed by atoms with Crippen LogP contribution in [-0.4, -0.2) is 30.5 Å². The largest absolute Gasteiger partial charge is 0.305 e. The molecular weight excluding hydrogens is 352 g/mol. The standard InChI is InChI=1S/C21H20N6O/c1-15-13-16(2)27(24-15)19-8-6-17(7-9-19)21(28)23-20-10-12-26(25-20)14-18-5-3-4-11-22-18/h3-13H,14H2,1-2H3,(H,23,25,28). The summed E-state index contributed by atoms with van der Waals surface area (Å²) in [4.78, 5) is 16.8. The van der Waals surface area contributed by atoms with Gasteiger partial charge < -0.3 is 5.32 Å². The molecule has 1 N–H and O–H groups in total. The topological polar surface area (TPSA) is 77.6 Å². The third-order valence-corrected chi connectivity index (χ3v) is 4.32. The van der Waals surface area contributed by atoms with E-state index < -0.39 is 0 Å². The SMILES string of the molecule is Cc1cc(C)n(-c2ccc(C(=O)Nc3ccn(Cc4ccccn4)n3)cc2)n1. The highest BCUT2D eigenvalue weighted by Crippen LogP contribution is 2.14. The number of aromatic nitrogens is 5. The van der Waals surface area contributed by atoms with Crippen molar-refractivity contribution >= 4 is 11.7 Å². The van der Waals surface area contributed by atoms with Crippen molar-refractivity contribution in [3.8, 4) is 5.69 Å². The number of hydrogen-bond acceptors (Lipinski definition) is 4. The monoisotopic (exact) mass is 372 g/mol. The zero-order valence-electron chi connectivity index (χ0n) is 15.7. The third kappa shape index (κ3) is 3.83. The Hall–Kier alpha value is -3.74. The second kappa shape index (κ2) is 7.48. The van der Waals surface area contributed by atoms with E-state index >= 15 is 0 Å². The first-order valence-electron chi connectivity index (χ1n) is 8.97. The molecule has 0 atom stereocenters. The van der Waals surface area contributed by atoms with E-state index in [0.717, 1.165) is 22.8 Å². The summed E-state index contributed by atoms with van der Waals surface area (Å²) >= 11 is 0. The van der Waals surface area contributed by atoms with Crippen LogP contribution >= 0.6 is 0 Å². The minimum Gasteiger partial charge on any atom is -0.305 e. The van der Waals surface area contributed by atoms with Gasteiger partial charge in [0.05, 0.1) is 23.6 Å². The number of nitrogens with one attached hydrogen (secondary N) is 1. The van der Waals surface area contributed by atoms with Crippen LogP contribution in [0, 0.1) is 13.8 Å². The van der Waals surface area contributed by atoms with E-state index in [1.165, 1.54) is 0 Å². The Morgan fingerprint density at radius 3 is 2.54 bits per heavy atom. The van der Waals surface area contributed by atoms with Gasteiger partial charge in [-0.2, -0.15) is 10.2 Å². The third-order valence-electron chi connectivity index (χ3n) is 4.32. The lowest BCUT2D eigenvalue weighted by Crippen LogP contribution is -2.13. The molecule has 7 heteroatoms. The molecule has 0 radical (unpaired) electrons. The summed E-state index contributed by atoms with van der Waals surface area (Å²) < 4.78 is 3.60. The van der Waals surface area contributed by atoms with Crippen LogP contribution in [0.3, 0.4) is 0 Å². The van der Waals surface area contributed by atoms with Crippen LogP contribution in [0.2, 0.25) is 0 Å². The van der Waals surface area contributed by atoms with Gasteiger partial charge >= 0.3 is 0 Å². The second-order valence-electron chi connectivity index (χ2n) is 6.56. The maximum Gasteiger partial charge on any atom is 0.256 e. The van der Waals surface area contributed by atoms with Crippen molar-refractivity contribution in [2.75, 3.05) is 5.32 Å². The molecule has 140 valence electrons. The fourth-order valence-electron chi connectivity index (χ4n) is 3.01. The Morgan fingerprint density at radius 2 is 1.86 bits per heavy atom. The number of carbonyl (C=O) groups is 1. The number of rotatable bonds is 5. The number of carbonyl (C=O) groups excluding carboxylic acids is 1. The van der Waals surface area contributed by atoms with E-state index in [4.69, 9.17) is 0 Å². The van der Waals surface area contributed by atoms with Crippen molar-refractivity contribution < 1.29 is 4.79 Å². The maximum absolute atomic E-state index is 12.5. The number of nitrogens with zero attached hydrogens (tertiary/aromatic N) is 5. The number of pyridine rings is 1. The van der Waals surface area contributed by atoms with E-state index in [2.05, 4.69) is 20.5 Å². The Balaban J connectivity index is 1.43. The lowest BCUT2D eigenvalue weighted by Gasteiger charge is -2.06. The van der Waals surface area contributed by atoms with Crippen LogP contribution in [-0.2, 0) is 6.54 Å². The first-order chi connectivity index (χ1) is 13.6. The Labute approximate surface area is 162 Å². The highest BCUT2D eigenvalue weighted by molar-refractivity contribution is 6.03. The summed E-state index contributed by atoms with van der Waals surface area (Å²) in [7, 11) is 0. The number of anilines is 1. The summed E-state index contributed by atoms with van der Waals surface area (Å²) in [6, 6.07) is 16.9. The molecule has 1 amide bonds. The summed E-state index contributed by atoms with van der Waals surface area (Å²) in [5.74, 6) is 0.298. The van der Waals surface area contributed by atoms with Gasteiger partial charge in [-0.1, -0.05) is 6.07 Å². The maximum atomic E-state index is 12.5. The van der Waals surface area contributed by atoms with E-state index in [9.17, 15) is 4.79 Å². The van der Waals surface area contributed by atoms with Gasteiger partial charge in [0.25, 0.3) is 5.91 Å². The minimum absolute atomic E-state index is 0.206. The molecule has 0 aliphatic heterocycles. The van der Waals surface area contributed by atoms with Crippen LogP contribution in [0.1, 0.15) is 27.4 Å². The van der Waals surface area contributed by atoms with Crippen molar-refractivity contribution in [3.05, 3.63) is 89.6 Å². The van der Waals surface area contributed by atoms with Crippen LogP contribution in [0.25, 0.3) is 5.69 Å². The average Bonchev–Trinajstić information content (AvgIpc) is 3.28. The lowest BCUT2D eigenvalue weighted by atomic mass is 10.2. The molecule has 4 aromatic rings. The van der Waals surface area contributed by atoms with E-state index in [1.54, 1.807) is 29.1 Å². The number of aryl methyl sites for hydroxylation is 2. The fraction of sp³-hybridized carbons (Fsp3) is 0.143. The Bertz CT molecular complexity index is 1100. The van der Waals surface area contributed by atoms with E-state index in [-0.39, 0.29) is 5.91 Å². The summed E-state index contributed by atoms with van der Waals surface area (Å²) in [6.45, 7) is 4.51. The van der Waals surface area contributed by atoms with Gasteiger partial charge in [0.2, 0.25) is 0 Å². The van der Waals surface area contributed by atoms with Gasteiger partial charge in [-0.25, -0.2) is 4.68 Å². The molecule has 0 saturated heterocycles. The summed E-state index contributed by atoms with van der Waals surface area (Å²) in [5.41, 5.74) is 4.39. The van der Waals surface area contributed by atoms with Crippen molar-refractivity contribution in [2.24, 2.45) is 0 Å². The highest BCUT2D eigenvalue weighted by atomic mass is 16.1. The molecule has 0 fully saturated rings. The fourth-order valence-corrected chi connectivity index (χ4v) is 3.01. The quantitative estimate of drug-likeness (QED) is 0.583. The number of hydrogen-bond donors (Lipinski definition) is 1. The Morgan fingerprint density at radius 1 is 1.04 bits per heavy atom. The summed E-state index contributed by atoms with van der Waals surface area (Å²) in [5, 5.41) is 11.7. The van der Waals surface area contributed by atoms with Gasteiger partial charge in [-0.3, -0.25) is 14.5 Å². The molecule has 0 aliphatic carbocycles. The molecule has 0 aliphatic rings. The average molecular weight is 372 g/mol. The van der Waals surface area contributed by atoms with Gasteiger partial charge in [-0.15, -0.1) is 0 Å². The molecule has 7 nitrogen and oxygen atoms in total. The van der Waals surface area contributed by atoms with Crippen LogP contribution < -0.4 is 5.32 Å². The minimum atomic E-state index is -0.206. The van der Waals surface area contributed by atoms with E-state index in [1.807, 2.05) is 61.1 Å². The van der Waals surface area contributed by atoms with Gasteiger partial charge in [0, 0.05) is 29.7 Å². The van der Waals surface area contributed by atoms with Crippen molar-refractivity contribution in [1.82, 2.24) is 24.5 Å². The van der Waals surface area contributed by atoms with E-state index in [0.29, 0.717) is 17.9 Å². The first kappa shape index (κ1) is 17.7. The smallest absolute Gasteiger partial charge is 0.256 e. The van der Waals surface area contributed by atoms with Crippen LogP contribution in [0.5, 0.6) is 0 Å². The van der Waals surface area contributed by atoms with Crippen LogP contribution in [0.4, 0.5) is 5.82 Å².